The van der Waals surface area contributed by atoms with Crippen LogP contribution in [0, 0.1) is 18.8 Å². The minimum atomic E-state index is -3.50. The molecule has 3 nitrogen and oxygen atoms in total. The van der Waals surface area contributed by atoms with Crippen LogP contribution in [-0.4, -0.2) is 34.9 Å². The van der Waals surface area contributed by atoms with Gasteiger partial charge in [-0.2, -0.15) is 4.31 Å². The van der Waals surface area contributed by atoms with Crippen molar-refractivity contribution < 1.29 is 8.42 Å². The fourth-order valence-corrected chi connectivity index (χ4v) is 5.54. The summed E-state index contributed by atoms with van der Waals surface area (Å²) in [7, 11) is -3.50. The van der Waals surface area contributed by atoms with Gasteiger partial charge in [0.25, 0.3) is 0 Å². The monoisotopic (exact) mass is 447 g/mol. The average Bonchev–Trinajstić information content (AvgIpc) is 2.80. The molecule has 0 spiro atoms. The van der Waals surface area contributed by atoms with E-state index in [1.807, 2.05) is 6.92 Å². The van der Waals surface area contributed by atoms with E-state index in [1.54, 1.807) is 24.3 Å². The molecule has 8 heteroatoms. The lowest BCUT2D eigenvalue weighted by Crippen LogP contribution is -2.29. The first-order valence-corrected chi connectivity index (χ1v) is 10.5. The Balaban J connectivity index is 2.21. The van der Waals surface area contributed by atoms with Crippen molar-refractivity contribution in [1.29, 1.82) is 0 Å². The van der Waals surface area contributed by atoms with Crippen LogP contribution in [0.25, 0.3) is 0 Å². The SMILES string of the molecule is Cc1ccc(S(=O)(=O)N2CC(CBr)C(CC(Cl)(Cl)Cl)C2)cc1. The number of sulfonamides is 1. The largest absolute Gasteiger partial charge is 0.243 e. The molecule has 22 heavy (non-hydrogen) atoms. The van der Waals surface area contributed by atoms with Crippen LogP contribution in [-0.2, 0) is 10.0 Å². The number of alkyl halides is 4. The van der Waals surface area contributed by atoms with Gasteiger partial charge in [0.1, 0.15) is 0 Å². The quantitative estimate of drug-likeness (QED) is 0.640. The molecule has 1 saturated heterocycles. The molecular weight excluding hydrogens is 432 g/mol. The molecule has 1 fully saturated rings. The molecule has 0 amide bonds. The molecule has 1 aromatic rings. The van der Waals surface area contributed by atoms with Crippen LogP contribution in [0.3, 0.4) is 0 Å². The molecule has 0 radical (unpaired) electrons. The van der Waals surface area contributed by atoms with Crippen molar-refractivity contribution in [2.24, 2.45) is 11.8 Å². The van der Waals surface area contributed by atoms with E-state index in [0.717, 1.165) is 5.56 Å². The number of rotatable bonds is 4. The van der Waals surface area contributed by atoms with Crippen LogP contribution in [0.5, 0.6) is 0 Å². The third-order valence-electron chi connectivity index (χ3n) is 3.89. The highest BCUT2D eigenvalue weighted by molar-refractivity contribution is 9.09. The summed E-state index contributed by atoms with van der Waals surface area (Å²) >= 11 is 21.1. The van der Waals surface area contributed by atoms with E-state index in [9.17, 15) is 8.42 Å². The lowest BCUT2D eigenvalue weighted by molar-refractivity contribution is 0.428. The summed E-state index contributed by atoms with van der Waals surface area (Å²) in [5.74, 6) is 0.156. The Morgan fingerprint density at radius 2 is 1.73 bits per heavy atom. The third-order valence-corrected chi connectivity index (χ3v) is 7.03. The molecule has 0 bridgehead atoms. The standard InChI is InChI=1S/C14H17BrCl3NO2S/c1-10-2-4-13(5-3-10)22(20,21)19-8-11(6-14(16,17)18)12(7-15)9-19/h2-5,11-12H,6-9H2,1H3. The van der Waals surface area contributed by atoms with Crippen molar-refractivity contribution in [2.45, 2.75) is 22.0 Å². The second-order valence-electron chi connectivity index (χ2n) is 5.63. The first kappa shape index (κ1) is 18.8. The van der Waals surface area contributed by atoms with E-state index in [4.69, 9.17) is 34.8 Å². The number of hydrogen-bond donors (Lipinski definition) is 0. The summed E-state index contributed by atoms with van der Waals surface area (Å²) in [6, 6.07) is 6.86. The Morgan fingerprint density at radius 1 is 1.18 bits per heavy atom. The minimum Gasteiger partial charge on any atom is -0.207 e. The van der Waals surface area contributed by atoms with Gasteiger partial charge in [0, 0.05) is 18.4 Å². The van der Waals surface area contributed by atoms with Crippen LogP contribution in [0.4, 0.5) is 0 Å². The highest BCUT2D eigenvalue weighted by Gasteiger charge is 2.41. The highest BCUT2D eigenvalue weighted by Crippen LogP contribution is 2.40. The minimum absolute atomic E-state index is 0.0205. The molecule has 1 aliphatic rings. The van der Waals surface area contributed by atoms with Gasteiger partial charge < -0.3 is 0 Å². The lowest BCUT2D eigenvalue weighted by Gasteiger charge is -2.20. The van der Waals surface area contributed by atoms with E-state index >= 15 is 0 Å². The molecule has 2 atom stereocenters. The van der Waals surface area contributed by atoms with E-state index in [2.05, 4.69) is 15.9 Å². The number of hydrogen-bond acceptors (Lipinski definition) is 2. The summed E-state index contributed by atoms with van der Waals surface area (Å²) in [5, 5.41) is 0.679. The van der Waals surface area contributed by atoms with Gasteiger partial charge in [-0.25, -0.2) is 8.42 Å². The lowest BCUT2D eigenvalue weighted by atomic mass is 9.95. The van der Waals surface area contributed by atoms with Gasteiger partial charge in [0.05, 0.1) is 4.90 Å². The van der Waals surface area contributed by atoms with Gasteiger partial charge in [0.2, 0.25) is 10.0 Å². The molecule has 0 aliphatic carbocycles. The molecule has 1 heterocycles. The van der Waals surface area contributed by atoms with Crippen molar-refractivity contribution in [1.82, 2.24) is 4.31 Å². The summed E-state index contributed by atoms with van der Waals surface area (Å²) in [4.78, 5) is 0.306. The maximum absolute atomic E-state index is 12.7. The fourth-order valence-electron chi connectivity index (χ4n) is 2.65. The van der Waals surface area contributed by atoms with E-state index in [0.29, 0.717) is 29.7 Å². The van der Waals surface area contributed by atoms with Gasteiger partial charge >= 0.3 is 0 Å². The topological polar surface area (TPSA) is 37.4 Å². The summed E-state index contributed by atoms with van der Waals surface area (Å²) in [6.45, 7) is 2.73. The number of halogens is 4. The molecule has 1 aromatic carbocycles. The number of nitrogens with zero attached hydrogens (tertiary/aromatic N) is 1. The Kier molecular flexibility index (Phi) is 6.12. The highest BCUT2D eigenvalue weighted by atomic mass is 79.9. The maximum Gasteiger partial charge on any atom is 0.243 e. The van der Waals surface area contributed by atoms with Crippen molar-refractivity contribution in [3.8, 4) is 0 Å². The first-order chi connectivity index (χ1) is 10.1. The van der Waals surface area contributed by atoms with Crippen molar-refractivity contribution in [3.05, 3.63) is 29.8 Å². The summed E-state index contributed by atoms with van der Waals surface area (Å²) in [6.07, 6.45) is 0.341. The molecular formula is C14H17BrCl3NO2S. The Labute approximate surface area is 155 Å². The van der Waals surface area contributed by atoms with Crippen LogP contribution < -0.4 is 0 Å². The van der Waals surface area contributed by atoms with Crippen LogP contribution in [0.2, 0.25) is 0 Å². The smallest absolute Gasteiger partial charge is 0.207 e. The van der Waals surface area contributed by atoms with Crippen molar-refractivity contribution >= 4 is 60.8 Å². The Hall–Kier alpha value is 0.480. The predicted molar refractivity (Wildman–Crippen MR) is 95.6 cm³/mol. The first-order valence-electron chi connectivity index (χ1n) is 6.83. The maximum atomic E-state index is 12.7. The van der Waals surface area contributed by atoms with Crippen molar-refractivity contribution in [2.75, 3.05) is 18.4 Å². The zero-order chi connectivity index (χ0) is 16.5. The molecule has 1 aliphatic heterocycles. The Bertz CT molecular complexity index is 616. The van der Waals surface area contributed by atoms with Gasteiger partial charge in [-0.3, -0.25) is 0 Å². The fraction of sp³-hybridized carbons (Fsp3) is 0.571. The third kappa shape index (κ3) is 4.52. The number of benzene rings is 1. The normalized spacial score (nSPS) is 23.9. The van der Waals surface area contributed by atoms with Gasteiger partial charge in [0.15, 0.2) is 3.79 Å². The molecule has 2 unspecified atom stereocenters. The van der Waals surface area contributed by atoms with Crippen LogP contribution in [0.1, 0.15) is 12.0 Å². The molecule has 0 saturated carbocycles. The zero-order valence-electron chi connectivity index (χ0n) is 12.0. The molecule has 2 rings (SSSR count). The summed E-state index contributed by atoms with van der Waals surface area (Å²) < 4.78 is 25.6. The van der Waals surface area contributed by atoms with E-state index in [1.165, 1.54) is 4.31 Å². The van der Waals surface area contributed by atoms with E-state index < -0.39 is 13.8 Å². The second-order valence-corrected chi connectivity index (χ2v) is 10.7. The molecule has 0 N–H and O–H groups in total. The van der Waals surface area contributed by atoms with Crippen molar-refractivity contribution in [3.63, 3.8) is 0 Å². The van der Waals surface area contributed by atoms with Crippen LogP contribution >= 0.6 is 50.7 Å². The number of aryl methyl sites for hydroxylation is 1. The average molecular weight is 450 g/mol. The second kappa shape index (κ2) is 7.16. The predicted octanol–water partition coefficient (Wildman–Crippen LogP) is 4.39. The Morgan fingerprint density at radius 3 is 2.23 bits per heavy atom. The van der Waals surface area contributed by atoms with Gasteiger partial charge in [-0.1, -0.05) is 68.4 Å². The summed E-state index contributed by atoms with van der Waals surface area (Å²) in [5.41, 5.74) is 1.02. The van der Waals surface area contributed by atoms with Gasteiger partial charge in [-0.05, 0) is 37.3 Å². The molecule has 124 valence electrons. The molecule has 0 aromatic heterocycles. The van der Waals surface area contributed by atoms with Crippen LogP contribution in [0.15, 0.2) is 29.2 Å². The zero-order valence-corrected chi connectivity index (χ0v) is 16.6. The van der Waals surface area contributed by atoms with Gasteiger partial charge in [-0.15, -0.1) is 0 Å². The van der Waals surface area contributed by atoms with E-state index in [-0.39, 0.29) is 11.8 Å².